The van der Waals surface area contributed by atoms with E-state index in [4.69, 9.17) is 0 Å². The van der Waals surface area contributed by atoms with Crippen LogP contribution in [0.3, 0.4) is 0 Å². The third-order valence-electron chi connectivity index (χ3n) is 2.43. The molecule has 0 amide bonds. The summed E-state index contributed by atoms with van der Waals surface area (Å²) in [4.78, 5) is 14.0. The van der Waals surface area contributed by atoms with E-state index in [1.807, 2.05) is 18.3 Å². The summed E-state index contributed by atoms with van der Waals surface area (Å²) in [5, 5.41) is 1.23. The number of nitrogens with one attached hydrogen (secondary N) is 1. The fourth-order valence-corrected chi connectivity index (χ4v) is 1.68. The van der Waals surface area contributed by atoms with Crippen molar-refractivity contribution in [2.75, 3.05) is 0 Å². The highest BCUT2D eigenvalue weighted by molar-refractivity contribution is 5.83. The Morgan fingerprint density at radius 3 is 3.00 bits per heavy atom. The van der Waals surface area contributed by atoms with E-state index in [0.717, 1.165) is 11.9 Å². The van der Waals surface area contributed by atoms with Crippen LogP contribution in [0.25, 0.3) is 10.9 Å². The third kappa shape index (κ3) is 1.69. The van der Waals surface area contributed by atoms with E-state index < -0.39 is 0 Å². The number of benzene rings is 1. The fraction of sp³-hybridized carbons (Fsp3) is 0.250. The Bertz CT molecular complexity index is 456. The lowest BCUT2D eigenvalue weighted by atomic mass is 10.0. The Morgan fingerprint density at radius 1 is 1.36 bits per heavy atom. The van der Waals surface area contributed by atoms with Crippen LogP contribution in [0.5, 0.6) is 0 Å². The Morgan fingerprint density at radius 2 is 2.21 bits per heavy atom. The lowest BCUT2D eigenvalue weighted by molar-refractivity contribution is -0.116. The maximum atomic E-state index is 10.9. The zero-order valence-electron chi connectivity index (χ0n) is 8.21. The Hall–Kier alpha value is -1.57. The molecule has 2 heteroatoms. The number of hydrogen-bond donors (Lipinski definition) is 1. The van der Waals surface area contributed by atoms with E-state index in [1.165, 1.54) is 10.9 Å². The van der Waals surface area contributed by atoms with Crippen LogP contribution in [0.1, 0.15) is 18.9 Å². The number of aromatic nitrogens is 1. The maximum Gasteiger partial charge on any atom is 0.130 e. The van der Waals surface area contributed by atoms with Gasteiger partial charge in [-0.2, -0.15) is 0 Å². The number of H-pyrrole nitrogens is 1. The number of fused-ring (bicyclic) bond motifs is 1. The quantitative estimate of drug-likeness (QED) is 0.787. The minimum atomic E-state index is 0.248. The maximum absolute atomic E-state index is 10.9. The average Bonchev–Trinajstić information content (AvgIpc) is 2.62. The van der Waals surface area contributed by atoms with Crippen LogP contribution in [0.2, 0.25) is 0 Å². The zero-order chi connectivity index (χ0) is 9.97. The molecule has 72 valence electrons. The molecule has 2 rings (SSSR count). The van der Waals surface area contributed by atoms with Gasteiger partial charge >= 0.3 is 0 Å². The molecule has 2 aromatic rings. The second kappa shape index (κ2) is 3.66. The van der Waals surface area contributed by atoms with Gasteiger partial charge < -0.3 is 9.78 Å². The summed E-state index contributed by atoms with van der Waals surface area (Å²) in [5.74, 6) is 0.248. The second-order valence-corrected chi connectivity index (χ2v) is 3.56. The molecule has 0 saturated carbocycles. The van der Waals surface area contributed by atoms with Crippen LogP contribution in [0.15, 0.2) is 30.5 Å². The van der Waals surface area contributed by atoms with Crippen LogP contribution in [0, 0.1) is 0 Å². The number of aromatic amines is 1. The van der Waals surface area contributed by atoms with E-state index in [2.05, 4.69) is 17.1 Å². The van der Waals surface area contributed by atoms with Crippen molar-refractivity contribution in [2.24, 2.45) is 0 Å². The van der Waals surface area contributed by atoms with Gasteiger partial charge in [0.15, 0.2) is 0 Å². The summed E-state index contributed by atoms with van der Waals surface area (Å²) >= 11 is 0. The molecule has 0 aliphatic heterocycles. The van der Waals surface area contributed by atoms with Gasteiger partial charge in [0.25, 0.3) is 0 Å². The molecule has 0 bridgehead atoms. The molecule has 1 N–H and O–H groups in total. The Labute approximate surface area is 82.9 Å². The largest absolute Gasteiger partial charge is 0.361 e. The van der Waals surface area contributed by atoms with Crippen LogP contribution in [-0.4, -0.2) is 10.8 Å². The molecule has 0 saturated heterocycles. The lowest BCUT2D eigenvalue weighted by Gasteiger charge is -2.00. The smallest absolute Gasteiger partial charge is 0.130 e. The standard InChI is InChI=1S/C12H13NO/c1-9(14)5-6-10-3-2-4-12-11(10)7-8-13-12/h2-4,7-8,13H,5-6H2,1H3. The highest BCUT2D eigenvalue weighted by Crippen LogP contribution is 2.18. The van der Waals surface area contributed by atoms with E-state index in [1.54, 1.807) is 6.92 Å². The molecular weight excluding hydrogens is 174 g/mol. The molecule has 1 heterocycles. The first-order valence-corrected chi connectivity index (χ1v) is 4.82. The van der Waals surface area contributed by atoms with E-state index >= 15 is 0 Å². The van der Waals surface area contributed by atoms with Crippen LogP contribution in [-0.2, 0) is 11.2 Å². The number of aryl methyl sites for hydroxylation is 1. The van der Waals surface area contributed by atoms with Gasteiger partial charge in [-0.25, -0.2) is 0 Å². The molecule has 14 heavy (non-hydrogen) atoms. The van der Waals surface area contributed by atoms with Gasteiger partial charge in [0.05, 0.1) is 0 Å². The molecule has 1 aromatic heterocycles. The van der Waals surface area contributed by atoms with Crippen molar-refractivity contribution in [3.63, 3.8) is 0 Å². The van der Waals surface area contributed by atoms with Crippen molar-refractivity contribution in [1.82, 2.24) is 4.98 Å². The number of carbonyl (C=O) groups is 1. The van der Waals surface area contributed by atoms with Crippen molar-refractivity contribution >= 4 is 16.7 Å². The zero-order valence-corrected chi connectivity index (χ0v) is 8.21. The average molecular weight is 187 g/mol. The van der Waals surface area contributed by atoms with Gasteiger partial charge in [0, 0.05) is 23.5 Å². The van der Waals surface area contributed by atoms with Crippen molar-refractivity contribution in [2.45, 2.75) is 19.8 Å². The molecule has 0 fully saturated rings. The molecule has 0 unspecified atom stereocenters. The summed E-state index contributed by atoms with van der Waals surface area (Å²) in [6.07, 6.45) is 3.40. The van der Waals surface area contributed by atoms with Crippen LogP contribution >= 0.6 is 0 Å². The third-order valence-corrected chi connectivity index (χ3v) is 2.43. The molecule has 0 aliphatic carbocycles. The number of carbonyl (C=O) groups excluding carboxylic acids is 1. The number of hydrogen-bond acceptors (Lipinski definition) is 1. The van der Waals surface area contributed by atoms with Crippen molar-refractivity contribution in [3.8, 4) is 0 Å². The first kappa shape index (κ1) is 9.00. The van der Waals surface area contributed by atoms with Crippen LogP contribution in [0.4, 0.5) is 0 Å². The molecule has 0 spiro atoms. The van der Waals surface area contributed by atoms with Gasteiger partial charge in [0.1, 0.15) is 5.78 Å². The highest BCUT2D eigenvalue weighted by atomic mass is 16.1. The van der Waals surface area contributed by atoms with Gasteiger partial charge in [-0.15, -0.1) is 0 Å². The van der Waals surface area contributed by atoms with E-state index in [9.17, 15) is 4.79 Å². The minimum absolute atomic E-state index is 0.248. The van der Waals surface area contributed by atoms with Crippen LogP contribution < -0.4 is 0 Å². The van der Waals surface area contributed by atoms with Crippen molar-refractivity contribution in [1.29, 1.82) is 0 Å². The SMILES string of the molecule is CC(=O)CCc1cccc2[nH]ccc12. The number of Topliss-reactive ketones (excluding diaryl/α,β-unsaturated/α-hetero) is 1. The predicted octanol–water partition coefficient (Wildman–Crippen LogP) is 2.69. The topological polar surface area (TPSA) is 32.9 Å². The summed E-state index contributed by atoms with van der Waals surface area (Å²) in [6.45, 7) is 1.64. The molecule has 0 atom stereocenters. The predicted molar refractivity (Wildman–Crippen MR) is 57.3 cm³/mol. The molecule has 0 aliphatic rings. The summed E-state index contributed by atoms with van der Waals surface area (Å²) in [7, 11) is 0. The van der Waals surface area contributed by atoms with Crippen molar-refractivity contribution in [3.05, 3.63) is 36.0 Å². The normalized spacial score (nSPS) is 10.6. The summed E-state index contributed by atoms with van der Waals surface area (Å²) in [6, 6.07) is 8.21. The fourth-order valence-electron chi connectivity index (χ4n) is 1.68. The molecule has 2 nitrogen and oxygen atoms in total. The molecular formula is C12H13NO. The lowest BCUT2D eigenvalue weighted by Crippen LogP contribution is -1.94. The van der Waals surface area contributed by atoms with Gasteiger partial charge in [-0.05, 0) is 31.0 Å². The first-order valence-electron chi connectivity index (χ1n) is 4.82. The monoisotopic (exact) mass is 187 g/mol. The molecule has 1 aromatic carbocycles. The van der Waals surface area contributed by atoms with E-state index in [-0.39, 0.29) is 5.78 Å². The Kier molecular flexibility index (Phi) is 2.35. The number of ketones is 1. The highest BCUT2D eigenvalue weighted by Gasteiger charge is 2.02. The second-order valence-electron chi connectivity index (χ2n) is 3.56. The van der Waals surface area contributed by atoms with Gasteiger partial charge in [0.2, 0.25) is 0 Å². The van der Waals surface area contributed by atoms with E-state index in [0.29, 0.717) is 6.42 Å². The van der Waals surface area contributed by atoms with Gasteiger partial charge in [-0.1, -0.05) is 12.1 Å². The first-order chi connectivity index (χ1) is 6.77. The number of rotatable bonds is 3. The summed E-state index contributed by atoms with van der Waals surface area (Å²) in [5.41, 5.74) is 2.39. The minimum Gasteiger partial charge on any atom is -0.361 e. The Balaban J connectivity index is 2.32. The van der Waals surface area contributed by atoms with Crippen molar-refractivity contribution < 1.29 is 4.79 Å². The van der Waals surface area contributed by atoms with Gasteiger partial charge in [-0.3, -0.25) is 0 Å². The molecule has 0 radical (unpaired) electrons. The summed E-state index contributed by atoms with van der Waals surface area (Å²) < 4.78 is 0.